The summed E-state index contributed by atoms with van der Waals surface area (Å²) in [6, 6.07) is 0. The van der Waals surface area contributed by atoms with Crippen LogP contribution in [0.5, 0.6) is 0 Å². The standard InChI is InChI=1S/C16H24FN/c1-11-9-15(12(11)2)10-14-7-5-4-6-8-18-13(3)16(14)17/h7-8,11-12,15H,4-6,9-10H2,1-3H3/b14-7?,16-13+,18-8-. The average molecular weight is 249 g/mol. The fourth-order valence-electron chi connectivity index (χ4n) is 2.97. The van der Waals surface area contributed by atoms with E-state index >= 15 is 0 Å². The topological polar surface area (TPSA) is 12.4 Å². The molecule has 100 valence electrons. The Labute approximate surface area is 110 Å². The van der Waals surface area contributed by atoms with Crippen molar-refractivity contribution in [3.63, 3.8) is 0 Å². The summed E-state index contributed by atoms with van der Waals surface area (Å²) in [6.07, 6.45) is 9.08. The van der Waals surface area contributed by atoms with Gasteiger partial charge in [-0.05, 0) is 62.4 Å². The summed E-state index contributed by atoms with van der Waals surface area (Å²) in [7, 11) is 0. The number of hydrogen-bond acceptors (Lipinski definition) is 1. The highest BCUT2D eigenvalue weighted by molar-refractivity contribution is 5.59. The zero-order valence-corrected chi connectivity index (χ0v) is 11.7. The number of aliphatic imine (C=N–C) groups is 1. The highest BCUT2D eigenvalue weighted by atomic mass is 19.1. The van der Waals surface area contributed by atoms with E-state index in [1.807, 2.05) is 6.21 Å². The van der Waals surface area contributed by atoms with Crippen molar-refractivity contribution >= 4 is 6.21 Å². The van der Waals surface area contributed by atoms with Gasteiger partial charge >= 0.3 is 0 Å². The molecule has 3 unspecified atom stereocenters. The molecule has 3 atom stereocenters. The molecule has 0 bridgehead atoms. The van der Waals surface area contributed by atoms with Gasteiger partial charge in [-0.1, -0.05) is 19.9 Å². The van der Waals surface area contributed by atoms with Crippen molar-refractivity contribution < 1.29 is 4.39 Å². The van der Waals surface area contributed by atoms with Gasteiger partial charge in [-0.25, -0.2) is 4.39 Å². The van der Waals surface area contributed by atoms with Crippen molar-refractivity contribution in [1.82, 2.24) is 0 Å². The van der Waals surface area contributed by atoms with Crippen molar-refractivity contribution in [3.8, 4) is 0 Å². The van der Waals surface area contributed by atoms with E-state index in [4.69, 9.17) is 0 Å². The van der Waals surface area contributed by atoms with Crippen molar-refractivity contribution in [3.05, 3.63) is 23.2 Å². The van der Waals surface area contributed by atoms with Crippen LogP contribution in [0.2, 0.25) is 0 Å². The molecule has 18 heavy (non-hydrogen) atoms. The number of halogens is 1. The van der Waals surface area contributed by atoms with E-state index in [0.29, 0.717) is 11.6 Å². The average Bonchev–Trinajstić information content (AvgIpc) is 2.44. The number of nitrogens with zero attached hydrogens (tertiary/aromatic N) is 1. The molecule has 0 radical (unpaired) electrons. The number of hydrogen-bond donors (Lipinski definition) is 0. The maximum Gasteiger partial charge on any atom is 0.147 e. The summed E-state index contributed by atoms with van der Waals surface area (Å²) in [5.41, 5.74) is 1.44. The van der Waals surface area contributed by atoms with E-state index in [2.05, 4.69) is 24.9 Å². The Hall–Kier alpha value is -0.920. The molecule has 0 amide bonds. The summed E-state index contributed by atoms with van der Waals surface area (Å²) in [6.45, 7) is 6.36. The van der Waals surface area contributed by atoms with Crippen LogP contribution in [0.15, 0.2) is 28.2 Å². The van der Waals surface area contributed by atoms with Gasteiger partial charge in [0.2, 0.25) is 0 Å². The molecule has 0 spiro atoms. The molecular formula is C16H24FN. The minimum Gasteiger partial charge on any atom is -0.263 e. The van der Waals surface area contributed by atoms with Crippen molar-refractivity contribution in [2.75, 3.05) is 0 Å². The number of allylic oxidation sites excluding steroid dienone is 4. The summed E-state index contributed by atoms with van der Waals surface area (Å²) < 4.78 is 14.3. The molecule has 0 N–H and O–H groups in total. The lowest BCUT2D eigenvalue weighted by Gasteiger charge is -2.41. The predicted octanol–water partition coefficient (Wildman–Crippen LogP) is 5.05. The molecule has 1 saturated carbocycles. The van der Waals surface area contributed by atoms with Crippen LogP contribution in [0.25, 0.3) is 0 Å². The van der Waals surface area contributed by atoms with Gasteiger partial charge in [0.15, 0.2) is 0 Å². The highest BCUT2D eigenvalue weighted by Crippen LogP contribution is 2.44. The molecule has 2 aliphatic rings. The third-order valence-electron chi connectivity index (χ3n) is 4.61. The summed E-state index contributed by atoms with van der Waals surface area (Å²) in [5.74, 6) is 2.11. The minimum absolute atomic E-state index is 0.0834. The molecule has 0 saturated heterocycles. The fourth-order valence-corrected chi connectivity index (χ4v) is 2.97. The first kappa shape index (κ1) is 13.5. The molecule has 1 aliphatic heterocycles. The monoisotopic (exact) mass is 249 g/mol. The first-order valence-corrected chi connectivity index (χ1v) is 7.18. The van der Waals surface area contributed by atoms with Gasteiger partial charge in [-0.3, -0.25) is 4.99 Å². The van der Waals surface area contributed by atoms with Crippen molar-refractivity contribution in [1.29, 1.82) is 0 Å². The summed E-state index contributed by atoms with van der Waals surface area (Å²) in [5, 5.41) is 0. The maximum absolute atomic E-state index is 14.3. The van der Waals surface area contributed by atoms with Gasteiger partial charge in [0.25, 0.3) is 0 Å². The quantitative estimate of drug-likeness (QED) is 0.649. The van der Waals surface area contributed by atoms with Gasteiger partial charge in [0.1, 0.15) is 5.83 Å². The van der Waals surface area contributed by atoms with Crippen LogP contribution in [0.1, 0.15) is 52.9 Å². The Morgan fingerprint density at radius 3 is 2.78 bits per heavy atom. The minimum atomic E-state index is -0.0834. The SMILES string of the molecule is CC1=C(\F)C(CC2CC(C)C2C)=CCCC/C=N\1. The molecule has 0 aromatic carbocycles. The van der Waals surface area contributed by atoms with Gasteiger partial charge in [-0.15, -0.1) is 0 Å². The second kappa shape index (κ2) is 5.81. The van der Waals surface area contributed by atoms with Crippen LogP contribution in [-0.4, -0.2) is 6.21 Å². The summed E-state index contributed by atoms with van der Waals surface area (Å²) in [4.78, 5) is 4.20. The van der Waals surface area contributed by atoms with Gasteiger partial charge in [0, 0.05) is 6.21 Å². The Kier molecular flexibility index (Phi) is 4.36. The van der Waals surface area contributed by atoms with Gasteiger partial charge in [0.05, 0.1) is 5.70 Å². The Morgan fingerprint density at radius 1 is 1.33 bits per heavy atom. The second-order valence-corrected chi connectivity index (χ2v) is 5.91. The van der Waals surface area contributed by atoms with E-state index in [-0.39, 0.29) is 5.83 Å². The van der Waals surface area contributed by atoms with E-state index in [9.17, 15) is 4.39 Å². The zero-order valence-electron chi connectivity index (χ0n) is 11.7. The van der Waals surface area contributed by atoms with E-state index in [0.717, 1.165) is 43.1 Å². The molecule has 0 aromatic rings. The smallest absolute Gasteiger partial charge is 0.147 e. The second-order valence-electron chi connectivity index (χ2n) is 5.91. The third kappa shape index (κ3) is 2.90. The molecule has 1 fully saturated rings. The van der Waals surface area contributed by atoms with Gasteiger partial charge < -0.3 is 0 Å². The molecule has 2 heteroatoms. The van der Waals surface area contributed by atoms with Crippen molar-refractivity contribution in [2.24, 2.45) is 22.7 Å². The lowest BCUT2D eigenvalue weighted by Crippen LogP contribution is -2.32. The first-order valence-electron chi connectivity index (χ1n) is 7.18. The van der Waals surface area contributed by atoms with Crippen LogP contribution in [0.3, 0.4) is 0 Å². The number of rotatable bonds is 2. The maximum atomic E-state index is 14.3. The lowest BCUT2D eigenvalue weighted by atomic mass is 9.64. The third-order valence-corrected chi connectivity index (χ3v) is 4.61. The van der Waals surface area contributed by atoms with Crippen LogP contribution in [0, 0.1) is 17.8 Å². The largest absolute Gasteiger partial charge is 0.263 e. The van der Waals surface area contributed by atoms with Crippen LogP contribution >= 0.6 is 0 Å². The predicted molar refractivity (Wildman–Crippen MR) is 75.3 cm³/mol. The van der Waals surface area contributed by atoms with Crippen LogP contribution in [-0.2, 0) is 0 Å². The van der Waals surface area contributed by atoms with Crippen LogP contribution in [0.4, 0.5) is 4.39 Å². The lowest BCUT2D eigenvalue weighted by molar-refractivity contribution is 0.103. The van der Waals surface area contributed by atoms with Gasteiger partial charge in [-0.2, -0.15) is 0 Å². The molecule has 1 heterocycles. The molecule has 1 nitrogen and oxygen atoms in total. The summed E-state index contributed by atoms with van der Waals surface area (Å²) >= 11 is 0. The molecule has 1 aliphatic carbocycles. The van der Waals surface area contributed by atoms with Crippen LogP contribution < -0.4 is 0 Å². The Balaban J connectivity index is 2.10. The normalized spacial score (nSPS) is 39.1. The van der Waals surface area contributed by atoms with E-state index < -0.39 is 0 Å². The fraction of sp³-hybridized carbons (Fsp3) is 0.688. The van der Waals surface area contributed by atoms with Crippen molar-refractivity contribution in [2.45, 2.75) is 52.9 Å². The highest BCUT2D eigenvalue weighted by Gasteiger charge is 2.35. The molecular weight excluding hydrogens is 225 g/mol. The molecule has 2 rings (SSSR count). The first-order chi connectivity index (χ1) is 8.59. The Morgan fingerprint density at radius 2 is 2.11 bits per heavy atom. The van der Waals surface area contributed by atoms with E-state index in [1.54, 1.807) is 6.92 Å². The zero-order chi connectivity index (χ0) is 13.1. The molecule has 0 aromatic heterocycles. The Bertz CT molecular complexity index is 392. The van der Waals surface area contributed by atoms with E-state index in [1.165, 1.54) is 6.42 Å².